The molecule has 1 aliphatic rings. The predicted molar refractivity (Wildman–Crippen MR) is 59.0 cm³/mol. The van der Waals surface area contributed by atoms with Crippen molar-refractivity contribution in [3.8, 4) is 6.07 Å². The van der Waals surface area contributed by atoms with E-state index in [1.165, 1.54) is 12.1 Å². The van der Waals surface area contributed by atoms with Gasteiger partial charge in [-0.25, -0.2) is 9.18 Å². The monoisotopic (exact) mass is 234 g/mol. The van der Waals surface area contributed by atoms with E-state index in [9.17, 15) is 9.18 Å². The van der Waals surface area contributed by atoms with Gasteiger partial charge in [-0.05, 0) is 37.5 Å². The number of carbonyl (C=O) groups is 1. The first kappa shape index (κ1) is 11.4. The van der Waals surface area contributed by atoms with E-state index >= 15 is 0 Å². The lowest BCUT2D eigenvalue weighted by Crippen LogP contribution is -2.52. The summed E-state index contributed by atoms with van der Waals surface area (Å²) in [6.45, 7) is 0. The Morgan fingerprint density at radius 1 is 1.53 bits per heavy atom. The van der Waals surface area contributed by atoms with Crippen LogP contribution in [-0.4, -0.2) is 16.6 Å². The van der Waals surface area contributed by atoms with Crippen LogP contribution in [0.4, 0.5) is 10.1 Å². The van der Waals surface area contributed by atoms with Crippen LogP contribution in [-0.2, 0) is 4.79 Å². The zero-order valence-corrected chi connectivity index (χ0v) is 9.03. The molecule has 2 rings (SSSR count). The van der Waals surface area contributed by atoms with E-state index in [1.54, 1.807) is 0 Å². The van der Waals surface area contributed by atoms with Crippen molar-refractivity contribution in [2.24, 2.45) is 0 Å². The Morgan fingerprint density at radius 2 is 2.24 bits per heavy atom. The molecule has 1 fully saturated rings. The molecule has 5 heteroatoms. The van der Waals surface area contributed by atoms with Crippen LogP contribution in [0.25, 0.3) is 0 Å². The van der Waals surface area contributed by atoms with Crippen molar-refractivity contribution in [1.82, 2.24) is 0 Å². The van der Waals surface area contributed by atoms with Gasteiger partial charge >= 0.3 is 5.97 Å². The standard InChI is InChI=1S/C12H11FN2O2/c13-9-6-8(7-14)2-3-10(9)15-12(11(16)17)4-1-5-12/h2-3,6,15H,1,4-5H2,(H,16,17). The fourth-order valence-electron chi connectivity index (χ4n) is 1.87. The molecular formula is C12H11FN2O2. The molecule has 0 unspecified atom stereocenters. The number of aliphatic carboxylic acids is 1. The van der Waals surface area contributed by atoms with Crippen molar-refractivity contribution in [3.05, 3.63) is 29.6 Å². The molecule has 4 nitrogen and oxygen atoms in total. The quantitative estimate of drug-likeness (QED) is 0.840. The lowest BCUT2D eigenvalue weighted by Gasteiger charge is -2.39. The summed E-state index contributed by atoms with van der Waals surface area (Å²) in [5.41, 5.74) is -0.702. The SMILES string of the molecule is N#Cc1ccc(NC2(C(=O)O)CCC2)c(F)c1. The highest BCUT2D eigenvalue weighted by Crippen LogP contribution is 2.36. The smallest absolute Gasteiger partial charge is 0.329 e. The van der Waals surface area contributed by atoms with Gasteiger partial charge in [-0.3, -0.25) is 0 Å². The third kappa shape index (κ3) is 1.94. The molecule has 2 N–H and O–H groups in total. The molecule has 0 amide bonds. The summed E-state index contributed by atoms with van der Waals surface area (Å²) >= 11 is 0. The van der Waals surface area contributed by atoms with Crippen LogP contribution in [0.3, 0.4) is 0 Å². The topological polar surface area (TPSA) is 73.1 Å². The highest BCUT2D eigenvalue weighted by atomic mass is 19.1. The van der Waals surface area contributed by atoms with E-state index in [-0.39, 0.29) is 11.3 Å². The summed E-state index contributed by atoms with van der Waals surface area (Å²) in [4.78, 5) is 11.1. The number of carboxylic acids is 1. The number of nitrogens with zero attached hydrogens (tertiary/aromatic N) is 1. The summed E-state index contributed by atoms with van der Waals surface area (Å²) in [7, 11) is 0. The highest BCUT2D eigenvalue weighted by molar-refractivity contribution is 5.84. The Morgan fingerprint density at radius 3 is 2.65 bits per heavy atom. The zero-order chi connectivity index (χ0) is 12.5. The van der Waals surface area contributed by atoms with Gasteiger partial charge in [0.1, 0.15) is 11.4 Å². The third-order valence-corrected chi connectivity index (χ3v) is 3.09. The molecule has 1 aromatic rings. The van der Waals surface area contributed by atoms with Crippen molar-refractivity contribution in [3.63, 3.8) is 0 Å². The fraction of sp³-hybridized carbons (Fsp3) is 0.333. The number of hydrogen-bond donors (Lipinski definition) is 2. The largest absolute Gasteiger partial charge is 0.480 e. The minimum Gasteiger partial charge on any atom is -0.480 e. The number of nitrogens with one attached hydrogen (secondary N) is 1. The zero-order valence-electron chi connectivity index (χ0n) is 9.03. The van der Waals surface area contributed by atoms with Crippen molar-refractivity contribution in [2.45, 2.75) is 24.8 Å². The van der Waals surface area contributed by atoms with Crippen LogP contribution in [0.2, 0.25) is 0 Å². The van der Waals surface area contributed by atoms with Gasteiger partial charge in [-0.2, -0.15) is 5.26 Å². The first-order chi connectivity index (χ1) is 8.07. The van der Waals surface area contributed by atoms with Crippen molar-refractivity contribution in [1.29, 1.82) is 5.26 Å². The van der Waals surface area contributed by atoms with Crippen LogP contribution in [0.1, 0.15) is 24.8 Å². The number of nitriles is 1. The molecule has 0 spiro atoms. The number of benzene rings is 1. The predicted octanol–water partition coefficient (Wildman–Crippen LogP) is 2.12. The Labute approximate surface area is 97.7 Å². The van der Waals surface area contributed by atoms with Gasteiger partial charge in [-0.15, -0.1) is 0 Å². The van der Waals surface area contributed by atoms with E-state index in [4.69, 9.17) is 10.4 Å². The third-order valence-electron chi connectivity index (χ3n) is 3.09. The van der Waals surface area contributed by atoms with Crippen LogP contribution in [0.15, 0.2) is 18.2 Å². The van der Waals surface area contributed by atoms with Crippen LogP contribution >= 0.6 is 0 Å². The highest BCUT2D eigenvalue weighted by Gasteiger charge is 2.44. The maximum absolute atomic E-state index is 13.6. The normalized spacial score (nSPS) is 16.7. The molecule has 1 aliphatic carbocycles. The molecule has 88 valence electrons. The van der Waals surface area contributed by atoms with Gasteiger partial charge < -0.3 is 10.4 Å². The van der Waals surface area contributed by atoms with Crippen LogP contribution < -0.4 is 5.32 Å². The molecule has 0 atom stereocenters. The average Bonchev–Trinajstić information content (AvgIpc) is 2.24. The summed E-state index contributed by atoms with van der Waals surface area (Å²) in [6.07, 6.45) is 1.79. The molecule has 0 radical (unpaired) electrons. The molecule has 1 saturated carbocycles. The van der Waals surface area contributed by atoms with E-state index in [1.807, 2.05) is 6.07 Å². The number of anilines is 1. The fourth-order valence-corrected chi connectivity index (χ4v) is 1.87. The van der Waals surface area contributed by atoms with E-state index < -0.39 is 17.3 Å². The summed E-state index contributed by atoms with van der Waals surface area (Å²) in [6, 6.07) is 5.78. The number of carboxylic acid groups (broad SMARTS) is 1. The lowest BCUT2D eigenvalue weighted by molar-refractivity contribution is -0.145. The van der Waals surface area contributed by atoms with Gasteiger partial charge in [0.2, 0.25) is 0 Å². The van der Waals surface area contributed by atoms with Gasteiger partial charge in [0, 0.05) is 0 Å². The summed E-state index contributed by atoms with van der Waals surface area (Å²) in [5, 5.41) is 20.4. The average molecular weight is 234 g/mol. The van der Waals surface area contributed by atoms with Crippen molar-refractivity contribution >= 4 is 11.7 Å². The van der Waals surface area contributed by atoms with Gasteiger partial charge in [0.25, 0.3) is 0 Å². The molecule has 0 aromatic heterocycles. The molecule has 0 saturated heterocycles. The Kier molecular flexibility index (Phi) is 2.72. The van der Waals surface area contributed by atoms with Crippen LogP contribution in [0, 0.1) is 17.1 Å². The summed E-state index contributed by atoms with van der Waals surface area (Å²) < 4.78 is 13.6. The Hall–Kier alpha value is -2.09. The molecule has 17 heavy (non-hydrogen) atoms. The molecule has 0 bridgehead atoms. The second-order valence-electron chi connectivity index (χ2n) is 4.17. The number of halogens is 1. The first-order valence-electron chi connectivity index (χ1n) is 5.29. The van der Waals surface area contributed by atoms with Crippen molar-refractivity contribution in [2.75, 3.05) is 5.32 Å². The minimum atomic E-state index is -1.05. The molecular weight excluding hydrogens is 223 g/mol. The summed E-state index contributed by atoms with van der Waals surface area (Å²) in [5.74, 6) is -1.57. The van der Waals surface area contributed by atoms with E-state index in [2.05, 4.69) is 5.32 Å². The van der Waals surface area contributed by atoms with E-state index in [0.717, 1.165) is 12.5 Å². The Balaban J connectivity index is 2.25. The second kappa shape index (κ2) is 4.06. The Bertz CT molecular complexity index is 504. The van der Waals surface area contributed by atoms with Gasteiger partial charge in [0.15, 0.2) is 0 Å². The van der Waals surface area contributed by atoms with Gasteiger partial charge in [-0.1, -0.05) is 0 Å². The second-order valence-corrected chi connectivity index (χ2v) is 4.17. The van der Waals surface area contributed by atoms with Crippen LogP contribution in [0.5, 0.6) is 0 Å². The number of hydrogen-bond acceptors (Lipinski definition) is 3. The molecule has 0 heterocycles. The van der Waals surface area contributed by atoms with E-state index in [0.29, 0.717) is 12.8 Å². The molecule has 1 aromatic carbocycles. The number of rotatable bonds is 3. The van der Waals surface area contributed by atoms with Gasteiger partial charge in [0.05, 0.1) is 17.3 Å². The lowest BCUT2D eigenvalue weighted by atomic mass is 9.76. The molecule has 0 aliphatic heterocycles. The maximum atomic E-state index is 13.6. The maximum Gasteiger partial charge on any atom is 0.329 e. The first-order valence-corrected chi connectivity index (χ1v) is 5.29. The minimum absolute atomic E-state index is 0.131. The van der Waals surface area contributed by atoms with Crippen molar-refractivity contribution < 1.29 is 14.3 Å².